The van der Waals surface area contributed by atoms with Gasteiger partial charge in [0.05, 0.1) is 58.2 Å². The molecule has 0 amide bonds. The molecule has 2 N–H and O–H groups in total. The van der Waals surface area contributed by atoms with Crippen LogP contribution >= 0.6 is 0 Å². The average molecular weight is 955 g/mol. The summed E-state index contributed by atoms with van der Waals surface area (Å²) in [5.41, 5.74) is 3.60. The zero-order valence-corrected chi connectivity index (χ0v) is 42.6. The van der Waals surface area contributed by atoms with E-state index in [2.05, 4.69) is 27.4 Å². The Morgan fingerprint density at radius 2 is 0.731 bits per heavy atom. The second-order valence-corrected chi connectivity index (χ2v) is 17.7. The molecular weight excluding hydrogens is 861 g/mol. The molecule has 0 aliphatic rings. The number of hydrogen-bond acceptors (Lipinski definition) is 15. The predicted octanol–water partition coefficient (Wildman–Crippen LogP) is 10.2. The predicted molar refractivity (Wildman–Crippen MR) is 261 cm³/mol. The molecule has 0 saturated carbocycles. The Labute approximate surface area is 405 Å². The van der Waals surface area contributed by atoms with E-state index in [9.17, 15) is 28.8 Å². The number of likely N-dealkylation sites (N-methyl/N-ethyl adjacent to an activating group) is 1. The summed E-state index contributed by atoms with van der Waals surface area (Å²) in [5.74, 6) is -2.92. The standard InChI is InChI=1S/C52H94N2O13/c1-6-9-12-15-21-30-46(55)61-37-24-18-27-40-64-49(58)43-52(67-45(4)33-35-54(5)36-34-53,51(60)66-42-29-20-26-39-63-48(57)32-23-17-14-11-8-3)44-50(59)65-41-28-19-25-38-62-47(56)31-22-16-13-10-7-2/h4,6-44,53H2,1-3,5H3. The number of carbonyl (C=O) groups excluding carboxylic acids is 6. The van der Waals surface area contributed by atoms with Crippen LogP contribution in [-0.2, 0) is 61.9 Å². The fourth-order valence-corrected chi connectivity index (χ4v) is 7.07. The number of unbranched alkanes of at least 4 members (excludes halogenated alkanes) is 18. The molecule has 0 spiro atoms. The minimum absolute atomic E-state index is 0.0298. The minimum atomic E-state index is -2.13. The van der Waals surface area contributed by atoms with E-state index in [1.807, 2.05) is 11.9 Å². The van der Waals surface area contributed by atoms with Gasteiger partial charge in [0, 0.05) is 45.3 Å². The highest BCUT2D eigenvalue weighted by molar-refractivity contribution is 5.90. The Hall–Kier alpha value is -3.72. The van der Waals surface area contributed by atoms with Gasteiger partial charge in [0.25, 0.3) is 0 Å². The Morgan fingerprint density at radius 3 is 1.07 bits per heavy atom. The van der Waals surface area contributed by atoms with Gasteiger partial charge in [0.1, 0.15) is 0 Å². The first-order valence-electron chi connectivity index (χ1n) is 26.1. The van der Waals surface area contributed by atoms with Gasteiger partial charge in [-0.25, -0.2) is 4.79 Å². The van der Waals surface area contributed by atoms with Crippen LogP contribution in [0.3, 0.4) is 0 Å². The van der Waals surface area contributed by atoms with E-state index in [-0.39, 0.29) is 69.7 Å². The molecule has 15 heteroatoms. The molecule has 0 aliphatic carbocycles. The number of esters is 6. The molecule has 0 aliphatic heterocycles. The first-order valence-corrected chi connectivity index (χ1v) is 26.1. The molecule has 0 unspecified atom stereocenters. The molecule has 0 rings (SSSR count). The Balaban J connectivity index is 5.55. The van der Waals surface area contributed by atoms with Crippen LogP contribution in [0.2, 0.25) is 0 Å². The van der Waals surface area contributed by atoms with Gasteiger partial charge in [-0.1, -0.05) is 104 Å². The topological polar surface area (TPSA) is 196 Å². The number of hydrogen-bond donors (Lipinski definition) is 1. The van der Waals surface area contributed by atoms with Crippen LogP contribution in [0.5, 0.6) is 0 Å². The summed E-state index contributed by atoms with van der Waals surface area (Å²) in [6.07, 6.45) is 21.1. The summed E-state index contributed by atoms with van der Waals surface area (Å²) < 4.78 is 39.1. The fourth-order valence-electron chi connectivity index (χ4n) is 7.07. The van der Waals surface area contributed by atoms with E-state index in [1.54, 1.807) is 0 Å². The summed E-state index contributed by atoms with van der Waals surface area (Å²) in [7, 11) is 1.88. The van der Waals surface area contributed by atoms with Crippen molar-refractivity contribution in [2.45, 2.75) is 219 Å². The number of ether oxygens (including phenoxy) is 7. The minimum Gasteiger partial charge on any atom is -0.479 e. The number of nitrogens with two attached hydrogens (primary N) is 1. The van der Waals surface area contributed by atoms with Crippen LogP contribution in [0.15, 0.2) is 12.3 Å². The van der Waals surface area contributed by atoms with Crippen LogP contribution in [0.25, 0.3) is 0 Å². The number of nitrogens with zero attached hydrogens (tertiary/aromatic N) is 1. The lowest BCUT2D eigenvalue weighted by Crippen LogP contribution is -2.47. The fraction of sp³-hybridized carbons (Fsp3) is 0.846. The van der Waals surface area contributed by atoms with Crippen molar-refractivity contribution < 1.29 is 61.9 Å². The van der Waals surface area contributed by atoms with E-state index in [0.29, 0.717) is 96.7 Å². The van der Waals surface area contributed by atoms with Crippen molar-refractivity contribution in [1.82, 2.24) is 4.90 Å². The van der Waals surface area contributed by atoms with Crippen molar-refractivity contribution in [1.29, 1.82) is 0 Å². The zero-order chi connectivity index (χ0) is 49.6. The largest absolute Gasteiger partial charge is 0.479 e. The van der Waals surface area contributed by atoms with Gasteiger partial charge in [0.15, 0.2) is 0 Å². The zero-order valence-electron chi connectivity index (χ0n) is 42.6. The Bertz CT molecular complexity index is 1260. The third kappa shape index (κ3) is 38.9. The lowest BCUT2D eigenvalue weighted by atomic mass is 9.94. The van der Waals surface area contributed by atoms with E-state index in [0.717, 1.165) is 96.3 Å². The highest BCUT2D eigenvalue weighted by Crippen LogP contribution is 2.29. The van der Waals surface area contributed by atoms with Gasteiger partial charge in [-0.05, 0) is 84.1 Å². The molecule has 0 heterocycles. The monoisotopic (exact) mass is 955 g/mol. The van der Waals surface area contributed by atoms with Crippen LogP contribution < -0.4 is 5.73 Å². The van der Waals surface area contributed by atoms with Crippen molar-refractivity contribution in [2.75, 3.05) is 66.3 Å². The molecular formula is C52H94N2O13. The molecule has 0 atom stereocenters. The summed E-state index contributed by atoms with van der Waals surface area (Å²) in [6.45, 7) is 12.9. The van der Waals surface area contributed by atoms with Gasteiger partial charge in [-0.15, -0.1) is 0 Å². The van der Waals surface area contributed by atoms with E-state index >= 15 is 0 Å². The lowest BCUT2D eigenvalue weighted by molar-refractivity contribution is -0.181. The summed E-state index contributed by atoms with van der Waals surface area (Å²) in [4.78, 5) is 79.3. The molecule has 0 aromatic carbocycles. The quantitative estimate of drug-likeness (QED) is 0.0262. The molecule has 0 radical (unpaired) electrons. The van der Waals surface area contributed by atoms with Crippen molar-refractivity contribution in [3.63, 3.8) is 0 Å². The SMILES string of the molecule is C=C(CCN(C)CCN)OC(CC(=O)OCCCCCOC(=O)CCCCCCC)(CC(=O)OCCCCCOC(=O)CCCCCCC)C(=O)OCCCCCOC(=O)CCCCCCC. The highest BCUT2D eigenvalue weighted by atomic mass is 16.6. The van der Waals surface area contributed by atoms with Crippen molar-refractivity contribution in [3.05, 3.63) is 12.3 Å². The second-order valence-electron chi connectivity index (χ2n) is 17.7. The van der Waals surface area contributed by atoms with E-state index in [1.165, 1.54) is 0 Å². The highest BCUT2D eigenvalue weighted by Gasteiger charge is 2.48. The Kier molecular flexibility index (Phi) is 42.3. The molecule has 0 fully saturated rings. The second kappa shape index (κ2) is 44.8. The molecule has 0 saturated heterocycles. The molecule has 0 aromatic rings. The van der Waals surface area contributed by atoms with Crippen LogP contribution in [-0.4, -0.2) is 113 Å². The normalized spacial score (nSPS) is 11.3. The maximum Gasteiger partial charge on any atom is 0.351 e. The van der Waals surface area contributed by atoms with Gasteiger partial charge in [-0.2, -0.15) is 0 Å². The van der Waals surface area contributed by atoms with Gasteiger partial charge >= 0.3 is 35.8 Å². The van der Waals surface area contributed by atoms with Crippen LogP contribution in [0, 0.1) is 0 Å². The maximum absolute atomic E-state index is 14.1. The average Bonchev–Trinajstić information content (AvgIpc) is 3.29. The molecule has 15 nitrogen and oxygen atoms in total. The number of carbonyl (C=O) groups is 6. The van der Waals surface area contributed by atoms with E-state index in [4.69, 9.17) is 38.9 Å². The molecule has 0 aromatic heterocycles. The third-order valence-corrected chi connectivity index (χ3v) is 11.2. The van der Waals surface area contributed by atoms with Gasteiger partial charge < -0.3 is 43.8 Å². The third-order valence-electron chi connectivity index (χ3n) is 11.2. The van der Waals surface area contributed by atoms with Crippen molar-refractivity contribution >= 4 is 35.8 Å². The summed E-state index contributed by atoms with van der Waals surface area (Å²) in [6, 6.07) is 0. The van der Waals surface area contributed by atoms with Gasteiger partial charge in [-0.3, -0.25) is 24.0 Å². The van der Waals surface area contributed by atoms with Crippen molar-refractivity contribution in [2.24, 2.45) is 5.73 Å². The Morgan fingerprint density at radius 1 is 0.418 bits per heavy atom. The smallest absolute Gasteiger partial charge is 0.351 e. The maximum atomic E-state index is 14.1. The van der Waals surface area contributed by atoms with Gasteiger partial charge in [0.2, 0.25) is 5.60 Å². The number of rotatable bonds is 48. The van der Waals surface area contributed by atoms with E-state index < -0.39 is 36.4 Å². The lowest BCUT2D eigenvalue weighted by Gasteiger charge is -2.32. The van der Waals surface area contributed by atoms with Crippen molar-refractivity contribution in [3.8, 4) is 0 Å². The van der Waals surface area contributed by atoms with Crippen LogP contribution in [0.1, 0.15) is 213 Å². The van der Waals surface area contributed by atoms with Crippen LogP contribution in [0.4, 0.5) is 0 Å². The molecule has 390 valence electrons. The first kappa shape index (κ1) is 63.3. The summed E-state index contributed by atoms with van der Waals surface area (Å²) in [5, 5.41) is 0. The first-order chi connectivity index (χ1) is 32.4. The molecule has 0 bridgehead atoms. The summed E-state index contributed by atoms with van der Waals surface area (Å²) >= 11 is 0. The molecule has 67 heavy (non-hydrogen) atoms.